The lowest BCUT2D eigenvalue weighted by Crippen LogP contribution is -2.29. The molecule has 0 fully saturated rings. The van der Waals surface area contributed by atoms with E-state index in [2.05, 4.69) is 10.1 Å². The number of hydrazine groups is 1. The Hall–Kier alpha value is -3.47. The zero-order valence-corrected chi connectivity index (χ0v) is 14.7. The maximum atomic E-state index is 13.3. The summed E-state index contributed by atoms with van der Waals surface area (Å²) in [6.07, 6.45) is -4.72. The average Bonchev–Trinajstić information content (AvgIpc) is 3.21. The molecule has 0 unspecified atom stereocenters. The molecule has 29 heavy (non-hydrogen) atoms. The minimum atomic E-state index is -4.72. The molecule has 2 aromatic carbocycles. The fourth-order valence-electron chi connectivity index (χ4n) is 2.47. The molecule has 0 saturated heterocycles. The number of hydrogen-bond acceptors (Lipinski definition) is 6. The summed E-state index contributed by atoms with van der Waals surface area (Å²) >= 11 is 0. The van der Waals surface area contributed by atoms with E-state index in [1.165, 1.54) is 30.3 Å². The third-order valence-electron chi connectivity index (χ3n) is 3.83. The Labute approximate surface area is 161 Å². The van der Waals surface area contributed by atoms with Gasteiger partial charge in [-0.3, -0.25) is 10.2 Å². The number of hydrogen-bond donors (Lipinski definition) is 2. The van der Waals surface area contributed by atoms with Gasteiger partial charge >= 0.3 is 6.18 Å². The van der Waals surface area contributed by atoms with Crippen molar-refractivity contribution in [2.24, 2.45) is 5.84 Å². The van der Waals surface area contributed by atoms with E-state index in [0.29, 0.717) is 11.1 Å². The number of alkyl halides is 4. The van der Waals surface area contributed by atoms with Crippen LogP contribution in [-0.2, 0) is 6.18 Å². The summed E-state index contributed by atoms with van der Waals surface area (Å²) < 4.78 is 62.0. The summed E-state index contributed by atoms with van der Waals surface area (Å²) in [5.74, 6) is 4.05. The second-order valence-corrected chi connectivity index (χ2v) is 5.72. The van der Waals surface area contributed by atoms with Gasteiger partial charge < -0.3 is 9.26 Å². The largest absolute Gasteiger partial charge is 0.490 e. The van der Waals surface area contributed by atoms with E-state index in [4.69, 9.17) is 15.1 Å². The predicted molar refractivity (Wildman–Crippen MR) is 93.3 cm³/mol. The summed E-state index contributed by atoms with van der Waals surface area (Å²) in [7, 11) is 0. The summed E-state index contributed by atoms with van der Waals surface area (Å²) in [5.41, 5.74) is 1.71. The van der Waals surface area contributed by atoms with E-state index in [1.54, 1.807) is 0 Å². The molecule has 3 rings (SSSR count). The lowest BCUT2D eigenvalue weighted by molar-refractivity contribution is -0.138. The lowest BCUT2D eigenvalue weighted by Gasteiger charge is -2.13. The van der Waals surface area contributed by atoms with Crippen LogP contribution in [0.5, 0.6) is 5.75 Å². The van der Waals surface area contributed by atoms with Crippen molar-refractivity contribution in [1.82, 2.24) is 15.6 Å². The molecule has 1 amide bonds. The number of ether oxygens (including phenoxy) is 1. The quantitative estimate of drug-likeness (QED) is 0.280. The van der Waals surface area contributed by atoms with Crippen LogP contribution in [0.1, 0.15) is 15.9 Å². The van der Waals surface area contributed by atoms with E-state index in [9.17, 15) is 22.4 Å². The SMILES string of the molecule is NNC(=O)c1ccc(-c2noc(-c3ccc(OCCF)c(C(F)(F)F)c3)n2)cc1. The first kappa shape index (κ1) is 20.3. The highest BCUT2D eigenvalue weighted by molar-refractivity contribution is 5.94. The number of carbonyl (C=O) groups is 1. The number of nitrogens with one attached hydrogen (secondary N) is 1. The molecule has 0 aliphatic heterocycles. The summed E-state index contributed by atoms with van der Waals surface area (Å²) in [4.78, 5) is 15.5. The van der Waals surface area contributed by atoms with E-state index in [1.807, 2.05) is 5.43 Å². The smallest absolute Gasteiger partial charge is 0.419 e. The summed E-state index contributed by atoms with van der Waals surface area (Å²) in [5, 5.41) is 3.75. The fraction of sp³-hybridized carbons (Fsp3) is 0.167. The van der Waals surface area contributed by atoms with Crippen LogP contribution in [0.2, 0.25) is 0 Å². The fourth-order valence-corrected chi connectivity index (χ4v) is 2.47. The van der Waals surface area contributed by atoms with Crippen molar-refractivity contribution in [3.05, 3.63) is 53.6 Å². The summed E-state index contributed by atoms with van der Waals surface area (Å²) in [6.45, 7) is -1.41. The van der Waals surface area contributed by atoms with Gasteiger partial charge in [0, 0.05) is 16.7 Å². The van der Waals surface area contributed by atoms with Crippen molar-refractivity contribution in [3.63, 3.8) is 0 Å². The second-order valence-electron chi connectivity index (χ2n) is 5.72. The predicted octanol–water partition coefficient (Wildman–Crippen LogP) is 3.37. The topological polar surface area (TPSA) is 103 Å². The number of amides is 1. The molecular formula is C18H14F4N4O3. The monoisotopic (exact) mass is 410 g/mol. The number of nitrogens with zero attached hydrogens (tertiary/aromatic N) is 2. The van der Waals surface area contributed by atoms with Crippen molar-refractivity contribution >= 4 is 5.91 Å². The Morgan fingerprint density at radius 2 is 1.83 bits per heavy atom. The van der Waals surface area contributed by atoms with E-state index < -0.39 is 36.7 Å². The number of carbonyl (C=O) groups excluding carboxylic acids is 1. The van der Waals surface area contributed by atoms with E-state index >= 15 is 0 Å². The van der Waals surface area contributed by atoms with Crippen LogP contribution in [0, 0.1) is 0 Å². The zero-order valence-electron chi connectivity index (χ0n) is 14.7. The van der Waals surface area contributed by atoms with Crippen molar-refractivity contribution in [3.8, 4) is 28.6 Å². The number of rotatable bonds is 6. The lowest BCUT2D eigenvalue weighted by atomic mass is 10.1. The molecule has 1 heterocycles. The molecular weight excluding hydrogens is 396 g/mol. The number of nitrogens with two attached hydrogens (primary N) is 1. The Bertz CT molecular complexity index is 1000. The number of nitrogen functional groups attached to an aromatic ring is 1. The van der Waals surface area contributed by atoms with E-state index in [-0.39, 0.29) is 17.3 Å². The first-order valence-corrected chi connectivity index (χ1v) is 8.19. The molecule has 3 aromatic rings. The molecule has 0 aliphatic carbocycles. The van der Waals surface area contributed by atoms with Gasteiger partial charge in [-0.05, 0) is 30.3 Å². The highest BCUT2D eigenvalue weighted by Crippen LogP contribution is 2.38. The molecule has 3 N–H and O–H groups in total. The standard InChI is InChI=1S/C18H14F4N4O3/c19-7-8-28-14-6-5-12(9-13(14)18(20,21)22)17-24-15(26-29-17)10-1-3-11(4-2-10)16(27)25-23/h1-6,9H,7-8,23H2,(H,25,27). The Balaban J connectivity index is 1.90. The third kappa shape index (κ3) is 4.51. The molecule has 0 saturated carbocycles. The highest BCUT2D eigenvalue weighted by Gasteiger charge is 2.35. The van der Waals surface area contributed by atoms with Gasteiger partial charge in [0.15, 0.2) is 0 Å². The van der Waals surface area contributed by atoms with Crippen LogP contribution in [-0.4, -0.2) is 29.3 Å². The minimum absolute atomic E-state index is 0.0165. The van der Waals surface area contributed by atoms with Crippen LogP contribution in [0.25, 0.3) is 22.8 Å². The van der Waals surface area contributed by atoms with Crippen LogP contribution in [0.15, 0.2) is 47.0 Å². The Morgan fingerprint density at radius 1 is 1.14 bits per heavy atom. The van der Waals surface area contributed by atoms with Crippen molar-refractivity contribution < 1.29 is 31.6 Å². The Morgan fingerprint density at radius 3 is 2.45 bits per heavy atom. The molecule has 0 bridgehead atoms. The minimum Gasteiger partial charge on any atom is -0.490 e. The molecule has 0 aliphatic rings. The normalized spacial score (nSPS) is 11.3. The maximum Gasteiger partial charge on any atom is 0.419 e. The first-order valence-electron chi connectivity index (χ1n) is 8.19. The van der Waals surface area contributed by atoms with Crippen LogP contribution in [0.4, 0.5) is 17.6 Å². The first-order chi connectivity index (χ1) is 13.8. The molecule has 0 spiro atoms. The van der Waals surface area contributed by atoms with Gasteiger partial charge in [-0.25, -0.2) is 10.2 Å². The van der Waals surface area contributed by atoms with Gasteiger partial charge in [-0.1, -0.05) is 17.3 Å². The molecule has 11 heteroatoms. The van der Waals surface area contributed by atoms with Crippen molar-refractivity contribution in [2.45, 2.75) is 6.18 Å². The van der Waals surface area contributed by atoms with Gasteiger partial charge in [0.2, 0.25) is 5.82 Å². The number of benzene rings is 2. The van der Waals surface area contributed by atoms with Crippen molar-refractivity contribution in [1.29, 1.82) is 0 Å². The van der Waals surface area contributed by atoms with Gasteiger partial charge in [-0.2, -0.15) is 18.2 Å². The molecule has 1 aromatic heterocycles. The van der Waals surface area contributed by atoms with Crippen LogP contribution < -0.4 is 16.0 Å². The van der Waals surface area contributed by atoms with Gasteiger partial charge in [0.05, 0.1) is 5.56 Å². The molecule has 0 atom stereocenters. The van der Waals surface area contributed by atoms with Crippen LogP contribution >= 0.6 is 0 Å². The zero-order chi connectivity index (χ0) is 21.0. The van der Waals surface area contributed by atoms with Gasteiger partial charge in [-0.15, -0.1) is 0 Å². The second kappa shape index (κ2) is 8.27. The number of aromatic nitrogens is 2. The van der Waals surface area contributed by atoms with Gasteiger partial charge in [0.1, 0.15) is 19.0 Å². The highest BCUT2D eigenvalue weighted by atomic mass is 19.4. The van der Waals surface area contributed by atoms with Crippen LogP contribution in [0.3, 0.4) is 0 Å². The summed E-state index contributed by atoms with van der Waals surface area (Å²) in [6, 6.07) is 9.19. The van der Waals surface area contributed by atoms with Crippen molar-refractivity contribution in [2.75, 3.05) is 13.3 Å². The molecule has 0 radical (unpaired) electrons. The maximum absolute atomic E-state index is 13.3. The average molecular weight is 410 g/mol. The molecule has 7 nitrogen and oxygen atoms in total. The number of halogens is 4. The van der Waals surface area contributed by atoms with Gasteiger partial charge in [0.25, 0.3) is 11.8 Å². The van der Waals surface area contributed by atoms with E-state index in [0.717, 1.165) is 12.1 Å². The third-order valence-corrected chi connectivity index (χ3v) is 3.83. The Kier molecular flexibility index (Phi) is 5.78. The molecule has 152 valence electrons.